The first-order chi connectivity index (χ1) is 7.33. The third kappa shape index (κ3) is 2.07. The Morgan fingerprint density at radius 2 is 2.13 bits per heavy atom. The van der Waals surface area contributed by atoms with Gasteiger partial charge in [-0.25, -0.2) is 0 Å². The molecular weight excluding hydrogens is 194 g/mol. The van der Waals surface area contributed by atoms with Crippen LogP contribution in [0, 0.1) is 0 Å². The van der Waals surface area contributed by atoms with Gasteiger partial charge in [0, 0.05) is 6.42 Å². The van der Waals surface area contributed by atoms with E-state index in [1.807, 2.05) is 26.1 Å². The van der Waals surface area contributed by atoms with Crippen LogP contribution in [0.25, 0.3) is 11.7 Å². The lowest BCUT2D eigenvalue weighted by Gasteiger charge is -1.90. The molecular formula is C10H13N3O2. The predicted molar refractivity (Wildman–Crippen MR) is 54.1 cm³/mol. The Kier molecular flexibility index (Phi) is 2.82. The molecule has 0 aliphatic heterocycles. The van der Waals surface area contributed by atoms with E-state index in [0.29, 0.717) is 24.1 Å². The van der Waals surface area contributed by atoms with E-state index in [1.54, 1.807) is 0 Å². The maximum absolute atomic E-state index is 5.49. The maximum atomic E-state index is 5.49. The number of aryl methyl sites for hydroxylation is 1. The highest BCUT2D eigenvalue weighted by Gasteiger charge is 2.11. The SMILES string of the molecule is CCc1ccc(-c2nnc(CNC)o2)o1. The molecule has 0 bridgehead atoms. The summed E-state index contributed by atoms with van der Waals surface area (Å²) in [5.74, 6) is 2.53. The van der Waals surface area contributed by atoms with Gasteiger partial charge in [0.1, 0.15) is 5.76 Å². The van der Waals surface area contributed by atoms with Crippen molar-refractivity contribution in [1.82, 2.24) is 15.5 Å². The molecule has 0 aromatic carbocycles. The van der Waals surface area contributed by atoms with Crippen LogP contribution in [0.4, 0.5) is 0 Å². The van der Waals surface area contributed by atoms with Crippen molar-refractivity contribution in [2.24, 2.45) is 0 Å². The van der Waals surface area contributed by atoms with Crippen molar-refractivity contribution in [3.05, 3.63) is 23.8 Å². The van der Waals surface area contributed by atoms with Gasteiger partial charge in [-0.2, -0.15) is 0 Å². The lowest BCUT2D eigenvalue weighted by Crippen LogP contribution is -2.04. The topological polar surface area (TPSA) is 64.1 Å². The van der Waals surface area contributed by atoms with Crippen molar-refractivity contribution in [3.63, 3.8) is 0 Å². The highest BCUT2D eigenvalue weighted by Crippen LogP contribution is 2.20. The fraction of sp³-hybridized carbons (Fsp3) is 0.400. The van der Waals surface area contributed by atoms with Gasteiger partial charge in [0.05, 0.1) is 6.54 Å². The summed E-state index contributed by atoms with van der Waals surface area (Å²) in [6.07, 6.45) is 0.859. The minimum Gasteiger partial charge on any atom is -0.456 e. The number of furan rings is 1. The van der Waals surface area contributed by atoms with E-state index in [4.69, 9.17) is 8.83 Å². The molecule has 0 saturated heterocycles. The highest BCUT2D eigenvalue weighted by molar-refractivity contribution is 5.43. The fourth-order valence-corrected chi connectivity index (χ4v) is 1.26. The molecule has 2 aromatic heterocycles. The summed E-state index contributed by atoms with van der Waals surface area (Å²) in [6.45, 7) is 2.59. The molecule has 0 spiro atoms. The van der Waals surface area contributed by atoms with Crippen LogP contribution in [0.5, 0.6) is 0 Å². The van der Waals surface area contributed by atoms with Gasteiger partial charge in [0.25, 0.3) is 5.89 Å². The highest BCUT2D eigenvalue weighted by atomic mass is 16.4. The summed E-state index contributed by atoms with van der Waals surface area (Å²) in [7, 11) is 1.83. The van der Waals surface area contributed by atoms with Crippen molar-refractivity contribution >= 4 is 0 Å². The van der Waals surface area contributed by atoms with Gasteiger partial charge in [0.15, 0.2) is 5.76 Å². The maximum Gasteiger partial charge on any atom is 0.283 e. The molecule has 15 heavy (non-hydrogen) atoms. The summed E-state index contributed by atoms with van der Waals surface area (Å²) in [6, 6.07) is 3.76. The largest absolute Gasteiger partial charge is 0.456 e. The molecule has 0 unspecified atom stereocenters. The Labute approximate surface area is 87.5 Å². The van der Waals surface area contributed by atoms with Crippen molar-refractivity contribution in [2.75, 3.05) is 7.05 Å². The van der Waals surface area contributed by atoms with E-state index in [2.05, 4.69) is 15.5 Å². The van der Waals surface area contributed by atoms with Crippen LogP contribution in [0.2, 0.25) is 0 Å². The quantitative estimate of drug-likeness (QED) is 0.825. The minimum absolute atomic E-state index is 0.431. The van der Waals surface area contributed by atoms with Gasteiger partial charge in [-0.1, -0.05) is 6.92 Å². The van der Waals surface area contributed by atoms with Crippen molar-refractivity contribution in [1.29, 1.82) is 0 Å². The van der Waals surface area contributed by atoms with Crippen LogP contribution in [0.15, 0.2) is 21.0 Å². The van der Waals surface area contributed by atoms with Crippen molar-refractivity contribution in [3.8, 4) is 11.7 Å². The van der Waals surface area contributed by atoms with E-state index in [-0.39, 0.29) is 0 Å². The molecule has 0 amide bonds. The van der Waals surface area contributed by atoms with E-state index < -0.39 is 0 Å². The lowest BCUT2D eigenvalue weighted by molar-refractivity contribution is 0.459. The normalized spacial score (nSPS) is 10.8. The van der Waals surface area contributed by atoms with E-state index in [0.717, 1.165) is 12.2 Å². The molecule has 2 heterocycles. The number of aromatic nitrogens is 2. The Morgan fingerprint density at radius 1 is 1.27 bits per heavy atom. The Bertz CT molecular complexity index is 433. The van der Waals surface area contributed by atoms with E-state index >= 15 is 0 Å². The summed E-state index contributed by atoms with van der Waals surface area (Å²) in [5.41, 5.74) is 0. The van der Waals surface area contributed by atoms with Crippen LogP contribution in [-0.2, 0) is 13.0 Å². The first kappa shape index (κ1) is 9.92. The Hall–Kier alpha value is -1.62. The summed E-state index contributed by atoms with van der Waals surface area (Å²) < 4.78 is 10.9. The molecule has 0 aliphatic rings. The second kappa shape index (κ2) is 4.27. The van der Waals surface area contributed by atoms with Gasteiger partial charge in [-0.05, 0) is 19.2 Å². The molecule has 5 nitrogen and oxygen atoms in total. The first-order valence-corrected chi connectivity index (χ1v) is 4.89. The van der Waals surface area contributed by atoms with Crippen molar-refractivity contribution < 1.29 is 8.83 Å². The van der Waals surface area contributed by atoms with Crippen LogP contribution >= 0.6 is 0 Å². The van der Waals surface area contributed by atoms with E-state index in [9.17, 15) is 0 Å². The number of hydrogen-bond acceptors (Lipinski definition) is 5. The fourth-order valence-electron chi connectivity index (χ4n) is 1.26. The standard InChI is InChI=1S/C10H13N3O2/c1-3-7-4-5-8(14-7)10-13-12-9(15-10)6-11-2/h4-5,11H,3,6H2,1-2H3. The third-order valence-corrected chi connectivity index (χ3v) is 2.02. The zero-order valence-electron chi connectivity index (χ0n) is 8.78. The van der Waals surface area contributed by atoms with Gasteiger partial charge in [0.2, 0.25) is 5.89 Å². The zero-order valence-corrected chi connectivity index (χ0v) is 8.78. The second-order valence-corrected chi connectivity index (χ2v) is 3.15. The molecule has 2 rings (SSSR count). The number of hydrogen-bond donors (Lipinski definition) is 1. The third-order valence-electron chi connectivity index (χ3n) is 2.02. The molecule has 1 N–H and O–H groups in total. The van der Waals surface area contributed by atoms with Crippen LogP contribution < -0.4 is 5.32 Å². The van der Waals surface area contributed by atoms with E-state index in [1.165, 1.54) is 0 Å². The number of nitrogens with zero attached hydrogens (tertiary/aromatic N) is 2. The molecule has 0 atom stereocenters. The predicted octanol–water partition coefficient (Wildman–Crippen LogP) is 1.61. The summed E-state index contributed by atoms with van der Waals surface area (Å²) in [4.78, 5) is 0. The second-order valence-electron chi connectivity index (χ2n) is 3.15. The molecule has 80 valence electrons. The van der Waals surface area contributed by atoms with Crippen LogP contribution in [0.1, 0.15) is 18.6 Å². The average Bonchev–Trinajstić information content (AvgIpc) is 2.85. The lowest BCUT2D eigenvalue weighted by atomic mass is 10.3. The van der Waals surface area contributed by atoms with Gasteiger partial charge in [-0.15, -0.1) is 10.2 Å². The smallest absolute Gasteiger partial charge is 0.283 e. The zero-order chi connectivity index (χ0) is 10.7. The van der Waals surface area contributed by atoms with Gasteiger partial charge < -0.3 is 14.2 Å². The number of rotatable bonds is 4. The first-order valence-electron chi connectivity index (χ1n) is 4.89. The Balaban J connectivity index is 2.21. The van der Waals surface area contributed by atoms with Gasteiger partial charge in [-0.3, -0.25) is 0 Å². The molecule has 5 heteroatoms. The summed E-state index contributed by atoms with van der Waals surface area (Å²) >= 11 is 0. The molecule has 0 saturated carbocycles. The molecule has 2 aromatic rings. The summed E-state index contributed by atoms with van der Waals surface area (Å²) in [5, 5.41) is 10.7. The monoisotopic (exact) mass is 207 g/mol. The Morgan fingerprint density at radius 3 is 2.80 bits per heavy atom. The van der Waals surface area contributed by atoms with Gasteiger partial charge >= 0.3 is 0 Å². The number of nitrogens with one attached hydrogen (secondary N) is 1. The molecule has 0 aliphatic carbocycles. The van der Waals surface area contributed by atoms with Crippen LogP contribution in [0.3, 0.4) is 0 Å². The molecule has 0 fully saturated rings. The van der Waals surface area contributed by atoms with Crippen LogP contribution in [-0.4, -0.2) is 17.2 Å². The minimum atomic E-state index is 0.431. The molecule has 0 radical (unpaired) electrons. The van der Waals surface area contributed by atoms with Crippen molar-refractivity contribution in [2.45, 2.75) is 19.9 Å². The average molecular weight is 207 g/mol.